The van der Waals surface area contributed by atoms with E-state index in [2.05, 4.69) is 83.9 Å². The van der Waals surface area contributed by atoms with Crippen molar-refractivity contribution >= 4 is 22.4 Å². The van der Waals surface area contributed by atoms with E-state index in [1.165, 1.54) is 33.4 Å². The Hall–Kier alpha value is -3.41. The number of aryl methyl sites for hydroxylation is 1. The maximum atomic E-state index is 6.36. The van der Waals surface area contributed by atoms with Gasteiger partial charge in [-0.15, -0.1) is 0 Å². The van der Waals surface area contributed by atoms with Crippen molar-refractivity contribution in [3.63, 3.8) is 0 Å². The molecule has 3 heterocycles. The van der Waals surface area contributed by atoms with Crippen LogP contribution in [0.5, 0.6) is 0 Å². The number of ether oxygens (including phenoxy) is 1. The van der Waals surface area contributed by atoms with Gasteiger partial charge in [-0.3, -0.25) is 0 Å². The maximum Gasteiger partial charge on any atom is 0.147 e. The van der Waals surface area contributed by atoms with Crippen LogP contribution in [0, 0.1) is 6.92 Å². The third kappa shape index (κ3) is 3.71. The molecule has 3 aromatic carbocycles. The van der Waals surface area contributed by atoms with E-state index in [0.29, 0.717) is 5.82 Å². The van der Waals surface area contributed by atoms with E-state index < -0.39 is 0 Å². The molecule has 0 radical (unpaired) electrons. The Kier molecular flexibility index (Phi) is 5.44. The lowest BCUT2D eigenvalue weighted by molar-refractivity contribution is 0.123. The van der Waals surface area contributed by atoms with E-state index in [9.17, 15) is 0 Å². The normalized spacial score (nSPS) is 18.1. The maximum absolute atomic E-state index is 6.36. The molecule has 172 valence electrons. The quantitative estimate of drug-likeness (QED) is 0.467. The number of fused-ring (bicyclic) bond motifs is 2. The molecule has 1 saturated heterocycles. The summed E-state index contributed by atoms with van der Waals surface area (Å²) < 4.78 is 5.53. The number of hydrogen-bond donors (Lipinski definition) is 2. The molecule has 1 aromatic heterocycles. The highest BCUT2D eigenvalue weighted by atomic mass is 16.5. The van der Waals surface area contributed by atoms with Crippen molar-refractivity contribution in [2.45, 2.75) is 19.4 Å². The molecule has 0 amide bonds. The molecule has 5 heteroatoms. The first-order chi connectivity index (χ1) is 16.7. The predicted octanol–water partition coefficient (Wildman–Crippen LogP) is 4.86. The van der Waals surface area contributed by atoms with Gasteiger partial charge in [0.2, 0.25) is 0 Å². The van der Waals surface area contributed by atoms with Gasteiger partial charge in [0.1, 0.15) is 5.82 Å². The number of nitrogen functional groups attached to an aromatic ring is 1. The van der Waals surface area contributed by atoms with Crippen LogP contribution < -0.4 is 16.0 Å². The third-order valence-corrected chi connectivity index (χ3v) is 7.19. The molecule has 4 aromatic rings. The Morgan fingerprint density at radius 3 is 2.68 bits per heavy atom. The zero-order valence-electron chi connectivity index (χ0n) is 19.6. The van der Waals surface area contributed by atoms with Crippen LogP contribution in [0.1, 0.15) is 28.3 Å². The molecular formula is C29H30N4O. The predicted molar refractivity (Wildman–Crippen MR) is 139 cm³/mol. The van der Waals surface area contributed by atoms with Gasteiger partial charge in [-0.1, -0.05) is 48.5 Å². The van der Waals surface area contributed by atoms with Crippen LogP contribution in [0.25, 0.3) is 22.0 Å². The van der Waals surface area contributed by atoms with Gasteiger partial charge in [-0.25, -0.2) is 4.98 Å². The average molecular weight is 451 g/mol. The first-order valence-corrected chi connectivity index (χ1v) is 12.1. The van der Waals surface area contributed by atoms with Crippen LogP contribution in [-0.4, -0.2) is 37.8 Å². The highest BCUT2D eigenvalue weighted by Gasteiger charge is 2.24. The molecule has 2 aliphatic heterocycles. The monoisotopic (exact) mass is 450 g/mol. The van der Waals surface area contributed by atoms with Gasteiger partial charge in [0.05, 0.1) is 30.5 Å². The lowest BCUT2D eigenvalue weighted by Crippen LogP contribution is -2.36. The highest BCUT2D eigenvalue weighted by molar-refractivity contribution is 5.91. The van der Waals surface area contributed by atoms with Crippen LogP contribution >= 0.6 is 0 Å². The van der Waals surface area contributed by atoms with Crippen molar-refractivity contribution in [2.24, 2.45) is 0 Å². The molecule has 1 unspecified atom stereocenters. The van der Waals surface area contributed by atoms with E-state index in [1.54, 1.807) is 0 Å². The minimum Gasteiger partial charge on any atom is -0.382 e. The standard InChI is InChI=1S/C29H30N4O/c1-19-5-4-8-24(28-23-7-3-2-6-20(23)11-12-31-28)27(19)21-9-10-25-22(17-21)18-26(29(30)32-25)33-13-15-34-16-14-33/h2-10,17-18,28,31H,11-16H2,1H3,(H2,30,32). The van der Waals surface area contributed by atoms with E-state index >= 15 is 0 Å². The molecule has 0 bridgehead atoms. The minimum atomic E-state index is 0.184. The zero-order valence-corrected chi connectivity index (χ0v) is 19.6. The van der Waals surface area contributed by atoms with E-state index in [4.69, 9.17) is 15.5 Å². The first kappa shape index (κ1) is 21.1. The molecule has 0 spiro atoms. The summed E-state index contributed by atoms with van der Waals surface area (Å²) in [6.45, 7) is 6.31. The first-order valence-electron chi connectivity index (χ1n) is 12.1. The van der Waals surface area contributed by atoms with Gasteiger partial charge in [0, 0.05) is 25.0 Å². The molecule has 5 nitrogen and oxygen atoms in total. The summed E-state index contributed by atoms with van der Waals surface area (Å²) >= 11 is 0. The van der Waals surface area contributed by atoms with Crippen molar-refractivity contribution in [2.75, 3.05) is 43.5 Å². The Morgan fingerprint density at radius 1 is 0.971 bits per heavy atom. The smallest absolute Gasteiger partial charge is 0.147 e. The average Bonchev–Trinajstić information content (AvgIpc) is 2.88. The number of hydrogen-bond acceptors (Lipinski definition) is 5. The summed E-state index contributed by atoms with van der Waals surface area (Å²) in [7, 11) is 0. The largest absolute Gasteiger partial charge is 0.382 e. The Morgan fingerprint density at radius 2 is 1.79 bits per heavy atom. The van der Waals surface area contributed by atoms with Crippen LogP contribution in [0.2, 0.25) is 0 Å². The van der Waals surface area contributed by atoms with E-state index in [0.717, 1.165) is 55.9 Å². The Bertz CT molecular complexity index is 1360. The van der Waals surface area contributed by atoms with Crippen molar-refractivity contribution in [3.8, 4) is 11.1 Å². The van der Waals surface area contributed by atoms with Gasteiger partial charge in [-0.05, 0) is 64.9 Å². The zero-order chi connectivity index (χ0) is 23.1. The highest BCUT2D eigenvalue weighted by Crippen LogP contribution is 2.38. The molecule has 1 fully saturated rings. The van der Waals surface area contributed by atoms with Gasteiger partial charge in [0.15, 0.2) is 0 Å². The van der Waals surface area contributed by atoms with Gasteiger partial charge in [0.25, 0.3) is 0 Å². The number of aromatic nitrogens is 1. The van der Waals surface area contributed by atoms with Crippen molar-refractivity contribution in [1.82, 2.24) is 10.3 Å². The van der Waals surface area contributed by atoms with E-state index in [-0.39, 0.29) is 6.04 Å². The SMILES string of the molecule is Cc1cccc(C2NCCc3ccccc32)c1-c1ccc2nc(N)c(N3CCOCC3)cc2c1. The van der Waals surface area contributed by atoms with Gasteiger partial charge in [-0.2, -0.15) is 0 Å². The molecular weight excluding hydrogens is 420 g/mol. The molecule has 0 saturated carbocycles. The third-order valence-electron chi connectivity index (χ3n) is 7.19. The summed E-state index contributed by atoms with van der Waals surface area (Å²) in [5, 5.41) is 4.89. The number of nitrogens with one attached hydrogen (secondary N) is 1. The van der Waals surface area contributed by atoms with Crippen LogP contribution in [-0.2, 0) is 11.2 Å². The topological polar surface area (TPSA) is 63.4 Å². The molecule has 34 heavy (non-hydrogen) atoms. The number of morpholine rings is 1. The molecule has 0 aliphatic carbocycles. The van der Waals surface area contributed by atoms with Gasteiger partial charge >= 0.3 is 0 Å². The lowest BCUT2D eigenvalue weighted by atomic mass is 9.84. The molecule has 1 atom stereocenters. The molecule has 6 rings (SSSR count). The summed E-state index contributed by atoms with van der Waals surface area (Å²) in [6.07, 6.45) is 1.07. The number of nitrogens with two attached hydrogens (primary N) is 1. The van der Waals surface area contributed by atoms with Crippen LogP contribution in [0.4, 0.5) is 11.5 Å². The second kappa shape index (κ2) is 8.75. The summed E-state index contributed by atoms with van der Waals surface area (Å²) in [5.41, 5.74) is 16.2. The number of pyridine rings is 1. The number of benzene rings is 3. The fraction of sp³-hybridized carbons (Fsp3) is 0.276. The van der Waals surface area contributed by atoms with Crippen molar-refractivity contribution in [3.05, 3.63) is 89.0 Å². The van der Waals surface area contributed by atoms with Crippen molar-refractivity contribution in [1.29, 1.82) is 0 Å². The number of nitrogens with zero attached hydrogens (tertiary/aromatic N) is 2. The second-order valence-corrected chi connectivity index (χ2v) is 9.27. The summed E-state index contributed by atoms with van der Waals surface area (Å²) in [5.74, 6) is 0.585. The Balaban J connectivity index is 1.47. The fourth-order valence-corrected chi connectivity index (χ4v) is 5.50. The number of rotatable bonds is 3. The molecule has 3 N–H and O–H groups in total. The lowest BCUT2D eigenvalue weighted by Gasteiger charge is -2.30. The summed E-state index contributed by atoms with van der Waals surface area (Å²) in [6, 6.07) is 24.4. The van der Waals surface area contributed by atoms with Gasteiger partial charge < -0.3 is 20.7 Å². The minimum absolute atomic E-state index is 0.184. The van der Waals surface area contributed by atoms with Crippen LogP contribution in [0.3, 0.4) is 0 Å². The van der Waals surface area contributed by atoms with Crippen LogP contribution in [0.15, 0.2) is 66.7 Å². The second-order valence-electron chi connectivity index (χ2n) is 9.27. The fourth-order valence-electron chi connectivity index (χ4n) is 5.50. The van der Waals surface area contributed by atoms with E-state index in [1.807, 2.05) is 0 Å². The molecule has 2 aliphatic rings. The number of anilines is 2. The van der Waals surface area contributed by atoms with Crippen molar-refractivity contribution < 1.29 is 4.74 Å². The Labute approximate surface area is 200 Å². The summed E-state index contributed by atoms with van der Waals surface area (Å²) in [4.78, 5) is 7.01.